The van der Waals surface area contributed by atoms with Gasteiger partial charge in [-0.05, 0) is 24.3 Å². The maximum absolute atomic E-state index is 11.4. The highest BCUT2D eigenvalue weighted by atomic mass is 16.4. The van der Waals surface area contributed by atoms with Gasteiger partial charge in [0.25, 0.3) is 0 Å². The zero-order valence-corrected chi connectivity index (χ0v) is 15.3. The number of nitrogens with zero attached hydrogens (tertiary/aromatic N) is 2. The fraction of sp³-hybridized carbons (Fsp3) is 0. The molecule has 0 aromatic heterocycles. The smallest absolute Gasteiger partial charge is 0.337 e. The first kappa shape index (κ1) is 23.1. The summed E-state index contributed by atoms with van der Waals surface area (Å²) in [5.74, 6) is -10.8. The number of azo groups is 1. The van der Waals surface area contributed by atoms with E-state index < -0.39 is 80.6 Å². The van der Waals surface area contributed by atoms with Gasteiger partial charge in [-0.25, -0.2) is 28.8 Å². The Kier molecular flexibility index (Phi) is 6.29. The molecule has 0 bridgehead atoms. The van der Waals surface area contributed by atoms with E-state index >= 15 is 0 Å². The molecule has 0 atom stereocenters. The van der Waals surface area contributed by atoms with Crippen LogP contribution in [-0.4, -0.2) is 66.5 Å². The summed E-state index contributed by atoms with van der Waals surface area (Å²) >= 11 is 0. The number of benzene rings is 2. The molecule has 0 aliphatic heterocycles. The number of carbonyl (C=O) groups is 6. The molecule has 0 aliphatic carbocycles. The summed E-state index contributed by atoms with van der Waals surface area (Å²) < 4.78 is 0. The third-order valence-corrected chi connectivity index (χ3v) is 3.88. The van der Waals surface area contributed by atoms with Gasteiger partial charge < -0.3 is 30.6 Å². The van der Waals surface area contributed by atoms with Gasteiger partial charge in [0.1, 0.15) is 0 Å². The van der Waals surface area contributed by atoms with E-state index in [0.717, 1.165) is 0 Å². The quantitative estimate of drug-likeness (QED) is 0.319. The van der Waals surface area contributed by atoms with E-state index in [4.69, 9.17) is 10.2 Å². The Labute approximate surface area is 175 Å². The zero-order valence-electron chi connectivity index (χ0n) is 15.3. The Morgan fingerprint density at radius 3 is 0.812 bits per heavy atom. The Hall–Kier alpha value is -5.14. The molecule has 0 spiro atoms. The number of hydrogen-bond donors (Lipinski definition) is 6. The van der Waals surface area contributed by atoms with E-state index in [1.54, 1.807) is 0 Å². The predicted octanol–water partition coefficient (Wildman–Crippen LogP) is 2.29. The lowest BCUT2D eigenvalue weighted by Gasteiger charge is -2.08. The van der Waals surface area contributed by atoms with Crippen LogP contribution >= 0.6 is 0 Å². The van der Waals surface area contributed by atoms with Gasteiger partial charge in [-0.1, -0.05) is 0 Å². The maximum Gasteiger partial charge on any atom is 0.337 e. The van der Waals surface area contributed by atoms with Crippen molar-refractivity contribution in [3.8, 4) is 0 Å². The molecule has 0 saturated heterocycles. The summed E-state index contributed by atoms with van der Waals surface area (Å²) in [5, 5.41) is 62.1. The lowest BCUT2D eigenvalue weighted by Crippen LogP contribution is -2.14. The third-order valence-electron chi connectivity index (χ3n) is 3.88. The molecular weight excluding hydrogens is 436 g/mol. The second-order valence-corrected chi connectivity index (χ2v) is 5.86. The van der Waals surface area contributed by atoms with Gasteiger partial charge in [0.2, 0.25) is 0 Å². The maximum atomic E-state index is 11.4. The van der Waals surface area contributed by atoms with Gasteiger partial charge in [0, 0.05) is 0 Å². The van der Waals surface area contributed by atoms with Gasteiger partial charge >= 0.3 is 35.8 Å². The van der Waals surface area contributed by atoms with Crippen molar-refractivity contribution in [3.05, 3.63) is 57.6 Å². The molecule has 0 fully saturated rings. The number of carboxylic acids is 6. The average molecular weight is 446 g/mol. The molecule has 0 saturated carbocycles. The van der Waals surface area contributed by atoms with Crippen LogP contribution < -0.4 is 0 Å². The minimum absolute atomic E-state index is 0.471. The fourth-order valence-electron chi connectivity index (χ4n) is 2.62. The Morgan fingerprint density at radius 2 is 0.656 bits per heavy atom. The van der Waals surface area contributed by atoms with E-state index in [9.17, 15) is 49.2 Å². The molecule has 164 valence electrons. The molecule has 2 aromatic rings. The highest BCUT2D eigenvalue weighted by Crippen LogP contribution is 2.28. The second kappa shape index (κ2) is 8.70. The van der Waals surface area contributed by atoms with Crippen molar-refractivity contribution in [1.29, 1.82) is 0 Å². The summed E-state index contributed by atoms with van der Waals surface area (Å²) in [4.78, 5) is 68.0. The molecule has 0 unspecified atom stereocenters. The number of hydrogen-bond acceptors (Lipinski definition) is 8. The zero-order chi connectivity index (χ0) is 24.3. The molecule has 0 radical (unpaired) electrons. The first-order chi connectivity index (χ1) is 14.8. The van der Waals surface area contributed by atoms with Crippen LogP contribution in [-0.2, 0) is 0 Å². The molecule has 14 nitrogen and oxygen atoms in total. The van der Waals surface area contributed by atoms with E-state index in [1.807, 2.05) is 0 Å². The van der Waals surface area contributed by atoms with Gasteiger partial charge in [0.05, 0.1) is 44.8 Å². The van der Waals surface area contributed by atoms with E-state index in [0.29, 0.717) is 24.3 Å². The molecule has 14 heteroatoms. The monoisotopic (exact) mass is 446 g/mol. The van der Waals surface area contributed by atoms with E-state index in [-0.39, 0.29) is 0 Å². The summed E-state index contributed by atoms with van der Waals surface area (Å²) in [6, 6.07) is 2.74. The Bertz CT molecular complexity index is 1080. The molecule has 2 rings (SSSR count). The first-order valence-electron chi connectivity index (χ1n) is 8.02. The average Bonchev–Trinajstić information content (AvgIpc) is 2.69. The normalized spacial score (nSPS) is 10.6. The van der Waals surface area contributed by atoms with Gasteiger partial charge in [-0.2, -0.15) is 10.2 Å². The topological polar surface area (TPSA) is 249 Å². The summed E-state index contributed by atoms with van der Waals surface area (Å²) in [6.07, 6.45) is 0. The molecule has 6 N–H and O–H groups in total. The molecule has 0 aliphatic rings. The Balaban J connectivity index is 2.72. The van der Waals surface area contributed by atoms with Crippen molar-refractivity contribution in [1.82, 2.24) is 0 Å². The first-order valence-corrected chi connectivity index (χ1v) is 8.02. The molecule has 0 amide bonds. The number of carboxylic acid groups (broad SMARTS) is 6. The summed E-state index contributed by atoms with van der Waals surface area (Å²) in [6.45, 7) is 0. The van der Waals surface area contributed by atoms with E-state index in [2.05, 4.69) is 10.2 Å². The van der Waals surface area contributed by atoms with Crippen LogP contribution in [0.3, 0.4) is 0 Å². The largest absolute Gasteiger partial charge is 0.478 e. The van der Waals surface area contributed by atoms with Crippen molar-refractivity contribution in [2.45, 2.75) is 0 Å². The molecule has 32 heavy (non-hydrogen) atoms. The second-order valence-electron chi connectivity index (χ2n) is 5.86. The van der Waals surface area contributed by atoms with Gasteiger partial charge in [-0.3, -0.25) is 0 Å². The summed E-state index contributed by atoms with van der Waals surface area (Å²) in [5.41, 5.74) is -6.68. The fourth-order valence-corrected chi connectivity index (χ4v) is 2.62. The number of aromatic carboxylic acids is 6. The van der Waals surface area contributed by atoms with Crippen LogP contribution in [0.15, 0.2) is 34.5 Å². The highest BCUT2D eigenvalue weighted by Gasteiger charge is 2.27. The SMILES string of the molecule is O=C(O)c1cc(N=Nc2cc(C(=O)O)c(C(=O)O)c(C(=O)O)c2)cc(C(=O)O)c1C(=O)O. The van der Waals surface area contributed by atoms with Crippen LogP contribution in [0.4, 0.5) is 11.4 Å². The van der Waals surface area contributed by atoms with Crippen LogP contribution in [0.5, 0.6) is 0 Å². The van der Waals surface area contributed by atoms with Crippen molar-refractivity contribution in [2.75, 3.05) is 0 Å². The van der Waals surface area contributed by atoms with Crippen LogP contribution in [0, 0.1) is 0 Å². The van der Waals surface area contributed by atoms with Gasteiger partial charge in [0.15, 0.2) is 0 Å². The summed E-state index contributed by atoms with van der Waals surface area (Å²) in [7, 11) is 0. The highest BCUT2D eigenvalue weighted by molar-refractivity contribution is 6.11. The lowest BCUT2D eigenvalue weighted by molar-refractivity contribution is 0.0632. The van der Waals surface area contributed by atoms with Crippen molar-refractivity contribution >= 4 is 47.2 Å². The van der Waals surface area contributed by atoms with Crippen LogP contribution in [0.2, 0.25) is 0 Å². The third kappa shape index (κ3) is 4.54. The van der Waals surface area contributed by atoms with E-state index in [1.165, 1.54) is 0 Å². The molecule has 0 heterocycles. The number of rotatable bonds is 8. The van der Waals surface area contributed by atoms with Crippen LogP contribution in [0.1, 0.15) is 62.1 Å². The predicted molar refractivity (Wildman–Crippen MR) is 98.8 cm³/mol. The van der Waals surface area contributed by atoms with Crippen molar-refractivity contribution < 1.29 is 59.4 Å². The molecule has 2 aromatic carbocycles. The van der Waals surface area contributed by atoms with Crippen LogP contribution in [0.25, 0.3) is 0 Å². The lowest BCUT2D eigenvalue weighted by atomic mass is 9.99. The van der Waals surface area contributed by atoms with Crippen molar-refractivity contribution in [2.24, 2.45) is 10.2 Å². The minimum atomic E-state index is -1.83. The Morgan fingerprint density at radius 1 is 0.438 bits per heavy atom. The van der Waals surface area contributed by atoms with Crippen molar-refractivity contribution in [3.63, 3.8) is 0 Å². The minimum Gasteiger partial charge on any atom is -0.478 e. The molecular formula is C18H10N2O12. The standard InChI is InChI=1S/C18H10N2O12/c21-13(22)7-1-5(2-8(14(23)24)11(7)17(29)30)19-20-6-3-9(15(25)26)12(18(31)32)10(4-6)16(27)28/h1-4H,(H,21,22)(H,23,24)(H,25,26)(H,27,28)(H,29,30)(H,31,32). The van der Waals surface area contributed by atoms with Gasteiger partial charge in [-0.15, -0.1) is 0 Å².